The molecule has 0 aliphatic carbocycles. The topological polar surface area (TPSA) is 67.4 Å². The number of anilines is 1. The maximum atomic E-state index is 13.1. The van der Waals surface area contributed by atoms with Crippen LogP contribution in [0.1, 0.15) is 43.0 Å². The Morgan fingerprint density at radius 1 is 1.14 bits per heavy atom. The van der Waals surface area contributed by atoms with Crippen LogP contribution in [0.25, 0.3) is 0 Å². The minimum atomic E-state index is -4.51. The average molecular weight is 408 g/mol. The van der Waals surface area contributed by atoms with Crippen molar-refractivity contribution in [2.75, 3.05) is 11.9 Å². The number of benzene rings is 2. The van der Waals surface area contributed by atoms with Crippen molar-refractivity contribution in [3.8, 4) is 5.75 Å². The number of hydrogen-bond acceptors (Lipinski definition) is 3. The van der Waals surface area contributed by atoms with E-state index in [-0.39, 0.29) is 23.6 Å². The lowest BCUT2D eigenvalue weighted by Gasteiger charge is -2.21. The van der Waals surface area contributed by atoms with E-state index in [1.165, 1.54) is 26.0 Å². The number of ether oxygens (including phenoxy) is 1. The minimum absolute atomic E-state index is 0.0348. The van der Waals surface area contributed by atoms with Crippen LogP contribution >= 0.6 is 0 Å². The van der Waals surface area contributed by atoms with Gasteiger partial charge in [-0.15, -0.1) is 0 Å². The molecule has 29 heavy (non-hydrogen) atoms. The molecule has 2 aromatic rings. The third-order valence-corrected chi connectivity index (χ3v) is 4.19. The van der Waals surface area contributed by atoms with Gasteiger partial charge in [0.05, 0.1) is 24.6 Å². The van der Waals surface area contributed by atoms with Gasteiger partial charge in [-0.2, -0.15) is 13.2 Å². The van der Waals surface area contributed by atoms with Crippen LogP contribution in [-0.2, 0) is 15.8 Å². The molecule has 0 bridgehead atoms. The first-order chi connectivity index (χ1) is 13.6. The van der Waals surface area contributed by atoms with Crippen LogP contribution in [0, 0.1) is 6.92 Å². The molecular weight excluding hydrogens is 385 g/mol. The zero-order valence-electron chi connectivity index (χ0n) is 16.4. The summed E-state index contributed by atoms with van der Waals surface area (Å²) >= 11 is 0. The lowest BCUT2D eigenvalue weighted by molar-refractivity contribution is -0.138. The second kappa shape index (κ2) is 9.45. The molecule has 2 N–H and O–H groups in total. The number of hydrogen-bond donors (Lipinski definition) is 2. The summed E-state index contributed by atoms with van der Waals surface area (Å²) in [6, 6.07) is 9.88. The first kappa shape index (κ1) is 22.3. The number of halogens is 3. The Kier molecular flexibility index (Phi) is 7.25. The van der Waals surface area contributed by atoms with Crippen LogP contribution in [-0.4, -0.2) is 18.4 Å². The van der Waals surface area contributed by atoms with E-state index in [0.29, 0.717) is 17.9 Å². The van der Waals surface area contributed by atoms with E-state index in [2.05, 4.69) is 10.6 Å². The van der Waals surface area contributed by atoms with E-state index in [4.69, 9.17) is 4.74 Å². The normalized spacial score (nSPS) is 12.2. The monoisotopic (exact) mass is 408 g/mol. The molecule has 2 aromatic carbocycles. The molecule has 8 heteroatoms. The largest absolute Gasteiger partial charge is 0.494 e. The summed E-state index contributed by atoms with van der Waals surface area (Å²) in [6.07, 6.45) is -4.68. The summed E-state index contributed by atoms with van der Waals surface area (Å²) in [6.45, 7) is 4.89. The van der Waals surface area contributed by atoms with E-state index in [0.717, 1.165) is 6.07 Å². The highest BCUT2D eigenvalue weighted by Crippen LogP contribution is 2.34. The van der Waals surface area contributed by atoms with Crippen molar-refractivity contribution in [3.05, 3.63) is 59.2 Å². The summed E-state index contributed by atoms with van der Waals surface area (Å²) < 4.78 is 44.8. The number of para-hydroxylation sites is 1. The van der Waals surface area contributed by atoms with Crippen molar-refractivity contribution < 1.29 is 27.5 Å². The van der Waals surface area contributed by atoms with Crippen LogP contribution in [0.4, 0.5) is 18.9 Å². The van der Waals surface area contributed by atoms with Gasteiger partial charge in [-0.1, -0.05) is 24.3 Å². The van der Waals surface area contributed by atoms with Crippen LogP contribution in [0.15, 0.2) is 42.5 Å². The standard InChI is InChI=1S/C21H23F3N2O3/c1-4-29-19-8-6-5-7-16(19)18(25-14(3)27)12-20(28)26-15-10-9-13(2)17(11-15)21(22,23)24/h5-11,18H,4,12H2,1-3H3,(H,25,27)(H,26,28). The van der Waals surface area contributed by atoms with Crippen molar-refractivity contribution >= 4 is 17.5 Å². The number of carbonyl (C=O) groups excluding carboxylic acids is 2. The molecule has 0 aliphatic heterocycles. The van der Waals surface area contributed by atoms with Crippen LogP contribution in [0.2, 0.25) is 0 Å². The van der Waals surface area contributed by atoms with Gasteiger partial charge < -0.3 is 15.4 Å². The van der Waals surface area contributed by atoms with Crippen molar-refractivity contribution in [1.29, 1.82) is 0 Å². The predicted molar refractivity (Wildman–Crippen MR) is 104 cm³/mol. The van der Waals surface area contributed by atoms with Gasteiger partial charge in [0, 0.05) is 18.2 Å². The van der Waals surface area contributed by atoms with Gasteiger partial charge in [0.15, 0.2) is 0 Å². The van der Waals surface area contributed by atoms with E-state index < -0.39 is 23.7 Å². The van der Waals surface area contributed by atoms with Crippen molar-refractivity contribution in [3.63, 3.8) is 0 Å². The first-order valence-electron chi connectivity index (χ1n) is 9.08. The van der Waals surface area contributed by atoms with Crippen molar-refractivity contribution in [2.24, 2.45) is 0 Å². The lowest BCUT2D eigenvalue weighted by Crippen LogP contribution is -2.30. The van der Waals surface area contributed by atoms with Gasteiger partial charge >= 0.3 is 6.18 Å². The Balaban J connectivity index is 2.23. The predicted octanol–water partition coefficient (Wildman–Crippen LogP) is 4.62. The highest BCUT2D eigenvalue weighted by atomic mass is 19.4. The molecule has 156 valence electrons. The highest BCUT2D eigenvalue weighted by molar-refractivity contribution is 5.91. The molecule has 0 aromatic heterocycles. The van der Waals surface area contributed by atoms with Gasteiger partial charge in [-0.05, 0) is 37.6 Å². The van der Waals surface area contributed by atoms with E-state index >= 15 is 0 Å². The number of carbonyl (C=O) groups is 2. The molecular formula is C21H23F3N2O3. The molecule has 2 amide bonds. The summed E-state index contributed by atoms with van der Waals surface area (Å²) in [5.74, 6) is -0.355. The Morgan fingerprint density at radius 2 is 1.83 bits per heavy atom. The van der Waals surface area contributed by atoms with Crippen LogP contribution < -0.4 is 15.4 Å². The summed E-state index contributed by atoms with van der Waals surface area (Å²) in [5, 5.41) is 5.17. The zero-order chi connectivity index (χ0) is 21.6. The fraction of sp³-hybridized carbons (Fsp3) is 0.333. The van der Waals surface area contributed by atoms with Crippen LogP contribution in [0.3, 0.4) is 0 Å². The molecule has 0 spiro atoms. The third-order valence-electron chi connectivity index (χ3n) is 4.19. The zero-order valence-corrected chi connectivity index (χ0v) is 16.4. The van der Waals surface area contributed by atoms with E-state index in [1.807, 2.05) is 6.92 Å². The minimum Gasteiger partial charge on any atom is -0.494 e. The Labute approximate surface area is 167 Å². The molecule has 5 nitrogen and oxygen atoms in total. The smallest absolute Gasteiger partial charge is 0.416 e. The molecule has 0 fully saturated rings. The van der Waals surface area contributed by atoms with Gasteiger partial charge in [0.2, 0.25) is 11.8 Å². The second-order valence-corrected chi connectivity index (χ2v) is 6.50. The Morgan fingerprint density at radius 3 is 2.45 bits per heavy atom. The molecule has 0 heterocycles. The fourth-order valence-electron chi connectivity index (χ4n) is 2.94. The maximum absolute atomic E-state index is 13.1. The quantitative estimate of drug-likeness (QED) is 0.703. The first-order valence-corrected chi connectivity index (χ1v) is 9.08. The highest BCUT2D eigenvalue weighted by Gasteiger charge is 2.32. The summed E-state index contributed by atoms with van der Waals surface area (Å²) in [7, 11) is 0. The van der Waals surface area contributed by atoms with Gasteiger partial charge in [-0.25, -0.2) is 0 Å². The van der Waals surface area contributed by atoms with Crippen molar-refractivity contribution in [1.82, 2.24) is 5.32 Å². The molecule has 0 saturated heterocycles. The lowest BCUT2D eigenvalue weighted by atomic mass is 10.0. The van der Waals surface area contributed by atoms with Gasteiger partial charge in [0.25, 0.3) is 0 Å². The van der Waals surface area contributed by atoms with Crippen molar-refractivity contribution in [2.45, 2.75) is 39.4 Å². The second-order valence-electron chi connectivity index (χ2n) is 6.50. The van der Waals surface area contributed by atoms with E-state index in [1.54, 1.807) is 24.3 Å². The van der Waals surface area contributed by atoms with Gasteiger partial charge in [0.1, 0.15) is 5.75 Å². The van der Waals surface area contributed by atoms with Gasteiger partial charge in [-0.3, -0.25) is 9.59 Å². The summed E-state index contributed by atoms with van der Waals surface area (Å²) in [4.78, 5) is 24.1. The number of alkyl halides is 3. The molecule has 0 saturated carbocycles. The number of rotatable bonds is 7. The summed E-state index contributed by atoms with van der Waals surface area (Å²) in [5.41, 5.74) is -0.0974. The molecule has 1 unspecified atom stereocenters. The Bertz CT molecular complexity index is 882. The molecule has 1 atom stereocenters. The Hall–Kier alpha value is -3.03. The number of nitrogens with one attached hydrogen (secondary N) is 2. The van der Waals surface area contributed by atoms with E-state index in [9.17, 15) is 22.8 Å². The fourth-order valence-corrected chi connectivity index (χ4v) is 2.94. The SMILES string of the molecule is CCOc1ccccc1C(CC(=O)Nc1ccc(C)c(C(F)(F)F)c1)NC(C)=O. The third kappa shape index (κ3) is 6.23. The maximum Gasteiger partial charge on any atom is 0.416 e. The molecule has 2 rings (SSSR count). The molecule has 0 aliphatic rings. The number of amides is 2. The number of aryl methyl sites for hydroxylation is 1. The average Bonchev–Trinajstić information content (AvgIpc) is 2.62. The molecule has 0 radical (unpaired) electrons. The van der Waals surface area contributed by atoms with Crippen LogP contribution in [0.5, 0.6) is 5.75 Å².